The van der Waals surface area contributed by atoms with Crippen molar-refractivity contribution < 1.29 is 9.32 Å². The molecule has 1 aromatic carbocycles. The fourth-order valence-corrected chi connectivity index (χ4v) is 3.38. The van der Waals surface area contributed by atoms with Crippen LogP contribution in [0.15, 0.2) is 37.4 Å². The minimum Gasteiger partial charge on any atom is -0.352 e. The van der Waals surface area contributed by atoms with Crippen molar-refractivity contribution in [3.8, 4) is 0 Å². The molecule has 0 spiro atoms. The van der Waals surface area contributed by atoms with Crippen molar-refractivity contribution in [1.29, 1.82) is 0 Å². The van der Waals surface area contributed by atoms with Crippen molar-refractivity contribution in [3.63, 3.8) is 0 Å². The highest BCUT2D eigenvalue weighted by molar-refractivity contribution is 9.10. The fourth-order valence-electron chi connectivity index (χ4n) is 2.10. The van der Waals surface area contributed by atoms with Gasteiger partial charge in [-0.15, -0.1) is 11.3 Å². The molecule has 0 saturated carbocycles. The third-order valence-electron chi connectivity index (χ3n) is 3.14. The Morgan fingerprint density at radius 3 is 3.09 bits per heavy atom. The van der Waals surface area contributed by atoms with Crippen LogP contribution in [-0.2, 0) is 6.42 Å². The van der Waals surface area contributed by atoms with Crippen molar-refractivity contribution >= 4 is 43.3 Å². The van der Waals surface area contributed by atoms with Gasteiger partial charge in [-0.3, -0.25) is 14.3 Å². The number of aromatic nitrogens is 2. The molecule has 0 aliphatic carbocycles. The maximum Gasteiger partial charge on any atom is 0.438 e. The Morgan fingerprint density at radius 2 is 2.32 bits per heavy atom. The Balaban J connectivity index is 1.59. The SMILES string of the molecule is O=C(NCCCc1noc(=O)[nH]1)c1csc2ccc(Br)cc12. The Kier molecular flexibility index (Phi) is 4.39. The standard InChI is InChI=1S/C14H12BrN3O3S/c15-8-3-4-11-9(6-8)10(7-22-11)13(19)16-5-1-2-12-17-14(20)21-18-12/h3-4,6-7H,1-2,5H2,(H,16,19)(H,17,18,20). The second kappa shape index (κ2) is 6.45. The van der Waals surface area contributed by atoms with Gasteiger partial charge in [0.1, 0.15) is 0 Å². The number of carbonyl (C=O) groups is 1. The highest BCUT2D eigenvalue weighted by Gasteiger charge is 2.12. The highest BCUT2D eigenvalue weighted by atomic mass is 79.9. The quantitative estimate of drug-likeness (QED) is 0.665. The predicted octanol–water partition coefficient (Wildman–Crippen LogP) is 2.70. The van der Waals surface area contributed by atoms with Crippen molar-refractivity contribution in [1.82, 2.24) is 15.5 Å². The van der Waals surface area contributed by atoms with Crippen LogP contribution in [0.3, 0.4) is 0 Å². The number of thiophene rings is 1. The van der Waals surface area contributed by atoms with E-state index in [1.807, 2.05) is 23.6 Å². The number of H-pyrrole nitrogens is 1. The molecule has 0 saturated heterocycles. The molecule has 3 rings (SSSR count). The number of nitrogens with zero attached hydrogens (tertiary/aromatic N) is 1. The molecular formula is C14H12BrN3O3S. The molecule has 0 bridgehead atoms. The van der Waals surface area contributed by atoms with Gasteiger partial charge < -0.3 is 5.32 Å². The number of aromatic amines is 1. The van der Waals surface area contributed by atoms with Gasteiger partial charge in [0.05, 0.1) is 5.56 Å². The summed E-state index contributed by atoms with van der Waals surface area (Å²) in [6.45, 7) is 0.499. The molecule has 2 aromatic heterocycles. The number of hydrogen-bond donors (Lipinski definition) is 2. The molecule has 2 N–H and O–H groups in total. The van der Waals surface area contributed by atoms with E-state index in [1.54, 1.807) is 11.3 Å². The first-order valence-electron chi connectivity index (χ1n) is 6.63. The normalized spacial score (nSPS) is 11.0. The van der Waals surface area contributed by atoms with Crippen LogP contribution in [0, 0.1) is 0 Å². The molecule has 0 unspecified atom stereocenters. The number of halogens is 1. The van der Waals surface area contributed by atoms with Gasteiger partial charge in [0, 0.05) is 32.9 Å². The maximum atomic E-state index is 12.2. The van der Waals surface area contributed by atoms with Gasteiger partial charge in [-0.25, -0.2) is 4.79 Å². The topological polar surface area (TPSA) is 88.0 Å². The van der Waals surface area contributed by atoms with E-state index in [0.29, 0.717) is 30.8 Å². The van der Waals surface area contributed by atoms with E-state index < -0.39 is 5.76 Å². The number of amides is 1. The monoisotopic (exact) mass is 381 g/mol. The third-order valence-corrected chi connectivity index (χ3v) is 4.60. The predicted molar refractivity (Wildman–Crippen MR) is 87.3 cm³/mol. The summed E-state index contributed by atoms with van der Waals surface area (Å²) in [4.78, 5) is 25.5. The summed E-state index contributed by atoms with van der Waals surface area (Å²) in [5.74, 6) is -0.170. The number of nitrogens with one attached hydrogen (secondary N) is 2. The van der Waals surface area contributed by atoms with Crippen LogP contribution in [0.1, 0.15) is 22.6 Å². The molecular weight excluding hydrogens is 370 g/mol. The Hall–Kier alpha value is -1.93. The number of carbonyl (C=O) groups excluding carboxylic acids is 1. The molecule has 0 radical (unpaired) electrons. The highest BCUT2D eigenvalue weighted by Crippen LogP contribution is 2.28. The molecule has 0 aliphatic rings. The summed E-state index contributed by atoms with van der Waals surface area (Å²) in [5.41, 5.74) is 0.677. The molecule has 22 heavy (non-hydrogen) atoms. The number of aryl methyl sites for hydroxylation is 1. The van der Waals surface area contributed by atoms with E-state index in [4.69, 9.17) is 0 Å². The first-order valence-corrected chi connectivity index (χ1v) is 8.30. The summed E-state index contributed by atoms with van der Waals surface area (Å²) in [5, 5.41) is 9.25. The Bertz CT molecular complexity index is 867. The van der Waals surface area contributed by atoms with Crippen molar-refractivity contribution in [2.24, 2.45) is 0 Å². The summed E-state index contributed by atoms with van der Waals surface area (Å²) in [6, 6.07) is 5.89. The summed E-state index contributed by atoms with van der Waals surface area (Å²) < 4.78 is 6.43. The van der Waals surface area contributed by atoms with Crippen LogP contribution in [0.5, 0.6) is 0 Å². The third kappa shape index (κ3) is 3.28. The maximum absolute atomic E-state index is 12.2. The zero-order valence-corrected chi connectivity index (χ0v) is 13.8. The molecule has 1 amide bonds. The molecule has 3 aromatic rings. The lowest BCUT2D eigenvalue weighted by Crippen LogP contribution is -2.24. The van der Waals surface area contributed by atoms with Gasteiger partial charge in [-0.1, -0.05) is 21.1 Å². The zero-order valence-electron chi connectivity index (χ0n) is 11.4. The van der Waals surface area contributed by atoms with E-state index >= 15 is 0 Å². The van der Waals surface area contributed by atoms with E-state index in [1.165, 1.54) is 0 Å². The molecule has 2 heterocycles. The molecule has 114 valence electrons. The number of rotatable bonds is 5. The van der Waals surface area contributed by atoms with Crippen LogP contribution in [0.25, 0.3) is 10.1 Å². The Labute approximate surface area is 137 Å². The molecule has 6 nitrogen and oxygen atoms in total. The van der Waals surface area contributed by atoms with Crippen LogP contribution in [0.4, 0.5) is 0 Å². The van der Waals surface area contributed by atoms with Crippen molar-refractivity contribution in [2.75, 3.05) is 6.54 Å². The van der Waals surface area contributed by atoms with Crippen LogP contribution < -0.4 is 11.1 Å². The van der Waals surface area contributed by atoms with Gasteiger partial charge in [-0.2, -0.15) is 0 Å². The van der Waals surface area contributed by atoms with Gasteiger partial charge >= 0.3 is 5.76 Å². The average molecular weight is 382 g/mol. The largest absolute Gasteiger partial charge is 0.438 e. The van der Waals surface area contributed by atoms with E-state index in [9.17, 15) is 9.59 Å². The minimum atomic E-state index is -0.561. The molecule has 0 fully saturated rings. The summed E-state index contributed by atoms with van der Waals surface area (Å²) in [7, 11) is 0. The molecule has 0 aliphatic heterocycles. The number of benzene rings is 1. The second-order valence-corrected chi connectivity index (χ2v) is 6.52. The van der Waals surface area contributed by atoms with E-state index in [0.717, 1.165) is 14.6 Å². The lowest BCUT2D eigenvalue weighted by atomic mass is 10.1. The smallest absolute Gasteiger partial charge is 0.352 e. The fraction of sp³-hybridized carbons (Fsp3) is 0.214. The van der Waals surface area contributed by atoms with Gasteiger partial charge in [0.2, 0.25) is 0 Å². The second-order valence-electron chi connectivity index (χ2n) is 4.69. The first-order chi connectivity index (χ1) is 10.6. The average Bonchev–Trinajstić information content (AvgIpc) is 3.09. The zero-order chi connectivity index (χ0) is 15.5. The van der Waals surface area contributed by atoms with Gasteiger partial charge in [-0.05, 0) is 24.6 Å². The van der Waals surface area contributed by atoms with E-state index in [-0.39, 0.29) is 5.91 Å². The lowest BCUT2D eigenvalue weighted by molar-refractivity contribution is 0.0955. The lowest BCUT2D eigenvalue weighted by Gasteiger charge is -2.03. The molecule has 8 heteroatoms. The Morgan fingerprint density at radius 1 is 1.45 bits per heavy atom. The summed E-state index contributed by atoms with van der Waals surface area (Å²) in [6.07, 6.45) is 1.21. The van der Waals surface area contributed by atoms with Crippen LogP contribution >= 0.6 is 27.3 Å². The van der Waals surface area contributed by atoms with Gasteiger partial charge in [0.25, 0.3) is 5.91 Å². The number of fused-ring (bicyclic) bond motifs is 1. The summed E-state index contributed by atoms with van der Waals surface area (Å²) >= 11 is 4.97. The first kappa shape index (κ1) is 15.0. The minimum absolute atomic E-state index is 0.0991. The van der Waals surface area contributed by atoms with E-state index in [2.05, 4.69) is 35.9 Å². The molecule has 0 atom stereocenters. The van der Waals surface area contributed by atoms with Crippen molar-refractivity contribution in [2.45, 2.75) is 12.8 Å². The number of hydrogen-bond acceptors (Lipinski definition) is 5. The van der Waals surface area contributed by atoms with Crippen LogP contribution in [-0.4, -0.2) is 22.6 Å². The van der Waals surface area contributed by atoms with Crippen molar-refractivity contribution in [3.05, 3.63) is 50.0 Å². The van der Waals surface area contributed by atoms with Gasteiger partial charge in [0.15, 0.2) is 5.82 Å². The van der Waals surface area contributed by atoms with Crippen LogP contribution in [0.2, 0.25) is 0 Å².